The van der Waals surface area contributed by atoms with Gasteiger partial charge in [-0.05, 0) is 40.6 Å². The molecule has 0 atom stereocenters. The molecule has 0 bridgehead atoms. The summed E-state index contributed by atoms with van der Waals surface area (Å²) in [5.41, 5.74) is 5.34. The highest BCUT2D eigenvalue weighted by Gasteiger charge is 2.31. The van der Waals surface area contributed by atoms with Crippen LogP contribution in [0.1, 0.15) is 5.56 Å². The van der Waals surface area contributed by atoms with Crippen LogP contribution < -0.4 is 11.1 Å². The van der Waals surface area contributed by atoms with Crippen LogP contribution in [-0.4, -0.2) is 25.8 Å². The van der Waals surface area contributed by atoms with Crippen LogP contribution in [0.4, 0.5) is 29.1 Å². The van der Waals surface area contributed by atoms with Crippen LogP contribution in [0, 0.1) is 5.82 Å². The second-order valence-electron chi connectivity index (χ2n) is 6.28. The molecule has 0 aliphatic rings. The molecule has 0 saturated carbocycles. The fourth-order valence-electron chi connectivity index (χ4n) is 2.94. The fraction of sp³-hybridized carbons (Fsp3) is 0.111. The highest BCUT2D eigenvalue weighted by atomic mass is 19.4. The number of benzene rings is 2. The number of amides is 1. The van der Waals surface area contributed by atoms with E-state index in [0.29, 0.717) is 23.2 Å². The first-order chi connectivity index (χ1) is 14.2. The second kappa shape index (κ2) is 7.13. The zero-order valence-corrected chi connectivity index (χ0v) is 14.9. The van der Waals surface area contributed by atoms with E-state index in [-0.39, 0.29) is 29.6 Å². The summed E-state index contributed by atoms with van der Waals surface area (Å²) in [5.74, 6) is -1.71. The van der Waals surface area contributed by atoms with Gasteiger partial charge < -0.3 is 15.6 Å². The number of nitrogens with two attached hydrogens (primary N) is 1. The number of nitrogen functional groups attached to an aromatic ring is 1. The van der Waals surface area contributed by atoms with E-state index in [2.05, 4.69) is 25.2 Å². The molecule has 0 aliphatic heterocycles. The van der Waals surface area contributed by atoms with Crippen molar-refractivity contribution in [3.05, 3.63) is 53.8 Å². The van der Waals surface area contributed by atoms with Crippen LogP contribution in [0.3, 0.4) is 0 Å². The molecule has 30 heavy (non-hydrogen) atoms. The number of para-hydroxylation sites is 2. The molecule has 0 radical (unpaired) electrons. The number of nitrogens with one attached hydrogen (secondary N) is 1. The third-order valence-electron chi connectivity index (χ3n) is 4.19. The maximum absolute atomic E-state index is 13.6. The van der Waals surface area contributed by atoms with Crippen LogP contribution >= 0.6 is 0 Å². The van der Waals surface area contributed by atoms with Crippen molar-refractivity contribution in [2.45, 2.75) is 12.7 Å². The molecule has 0 aliphatic carbocycles. The molecule has 4 aromatic rings. The number of nitrogens with zero attached hydrogens (tertiary/aromatic N) is 4. The fourth-order valence-corrected chi connectivity index (χ4v) is 2.94. The van der Waals surface area contributed by atoms with Crippen molar-refractivity contribution < 1.29 is 27.0 Å². The standard InChI is InChI=1S/C18H12F4N6O2/c19-10-5-9(18(20,21)22)6-11(7-10)24-14(29)8-28-13-4-2-1-3-12(13)25-17(28)15-16(23)27-30-26-15/h1-7H,8H2,(H2,23,27)(H,24,29). The molecule has 4 rings (SSSR count). The lowest BCUT2D eigenvalue weighted by molar-refractivity contribution is -0.137. The van der Waals surface area contributed by atoms with E-state index in [0.717, 1.165) is 6.07 Å². The van der Waals surface area contributed by atoms with Crippen LogP contribution in [0.5, 0.6) is 0 Å². The molecule has 154 valence electrons. The maximum Gasteiger partial charge on any atom is 0.416 e. The molecule has 1 amide bonds. The topological polar surface area (TPSA) is 112 Å². The molecular formula is C18H12F4N6O2. The summed E-state index contributed by atoms with van der Waals surface area (Å²) in [6.45, 7) is -0.361. The molecule has 0 fully saturated rings. The summed E-state index contributed by atoms with van der Waals surface area (Å²) in [6.07, 6.45) is -4.76. The Morgan fingerprint density at radius 3 is 2.63 bits per heavy atom. The number of hydrogen-bond donors (Lipinski definition) is 2. The third kappa shape index (κ3) is 3.66. The van der Waals surface area contributed by atoms with Gasteiger partial charge in [0.25, 0.3) is 0 Å². The van der Waals surface area contributed by atoms with Crippen molar-refractivity contribution in [2.75, 3.05) is 11.1 Å². The van der Waals surface area contributed by atoms with Gasteiger partial charge in [-0.1, -0.05) is 12.1 Å². The molecule has 0 unspecified atom stereocenters. The number of rotatable bonds is 4. The Morgan fingerprint density at radius 2 is 1.93 bits per heavy atom. The summed E-state index contributed by atoms with van der Waals surface area (Å²) in [6, 6.07) is 8.62. The minimum atomic E-state index is -4.76. The zero-order chi connectivity index (χ0) is 21.5. The predicted octanol–water partition coefficient (Wildman–Crippen LogP) is 3.47. The van der Waals surface area contributed by atoms with Crippen molar-refractivity contribution in [1.82, 2.24) is 19.9 Å². The molecule has 8 nitrogen and oxygen atoms in total. The van der Waals surface area contributed by atoms with Crippen molar-refractivity contribution >= 4 is 28.4 Å². The highest BCUT2D eigenvalue weighted by Crippen LogP contribution is 2.32. The number of carbonyl (C=O) groups excluding carboxylic acids is 1. The number of aromatic nitrogens is 4. The van der Waals surface area contributed by atoms with Crippen molar-refractivity contribution in [3.8, 4) is 11.5 Å². The summed E-state index contributed by atoms with van der Waals surface area (Å²) in [4.78, 5) is 16.9. The van der Waals surface area contributed by atoms with Crippen LogP contribution in [0.15, 0.2) is 47.1 Å². The van der Waals surface area contributed by atoms with E-state index in [1.54, 1.807) is 24.3 Å². The van der Waals surface area contributed by atoms with Gasteiger partial charge in [-0.2, -0.15) is 13.2 Å². The van der Waals surface area contributed by atoms with E-state index in [1.807, 2.05) is 0 Å². The van der Waals surface area contributed by atoms with Gasteiger partial charge in [0.15, 0.2) is 17.3 Å². The van der Waals surface area contributed by atoms with Gasteiger partial charge in [0.05, 0.1) is 16.6 Å². The van der Waals surface area contributed by atoms with E-state index < -0.39 is 23.5 Å². The van der Waals surface area contributed by atoms with Crippen molar-refractivity contribution in [3.63, 3.8) is 0 Å². The lowest BCUT2D eigenvalue weighted by Crippen LogP contribution is -2.20. The quantitative estimate of drug-likeness (QED) is 0.489. The molecule has 2 heterocycles. The van der Waals surface area contributed by atoms with Gasteiger partial charge in [0.1, 0.15) is 12.4 Å². The molecule has 0 saturated heterocycles. The van der Waals surface area contributed by atoms with E-state index in [1.165, 1.54) is 4.57 Å². The Hall–Kier alpha value is -3.96. The number of carbonyl (C=O) groups is 1. The normalized spacial score (nSPS) is 11.7. The summed E-state index contributed by atoms with van der Waals surface area (Å²) in [5, 5.41) is 9.43. The van der Waals surface area contributed by atoms with Gasteiger partial charge in [-0.15, -0.1) is 0 Å². The lowest BCUT2D eigenvalue weighted by atomic mass is 10.2. The van der Waals surface area contributed by atoms with Gasteiger partial charge in [-0.25, -0.2) is 14.0 Å². The Labute approximate surface area is 165 Å². The molecule has 3 N–H and O–H groups in total. The summed E-state index contributed by atoms with van der Waals surface area (Å²) in [7, 11) is 0. The number of fused-ring (bicyclic) bond motifs is 1. The average molecular weight is 420 g/mol. The number of halogens is 4. The first kappa shape index (κ1) is 19.4. The minimum Gasteiger partial charge on any atom is -0.379 e. The number of hydrogen-bond acceptors (Lipinski definition) is 6. The smallest absolute Gasteiger partial charge is 0.379 e. The van der Waals surface area contributed by atoms with Gasteiger partial charge in [-0.3, -0.25) is 4.79 Å². The summed E-state index contributed by atoms with van der Waals surface area (Å²) >= 11 is 0. The summed E-state index contributed by atoms with van der Waals surface area (Å²) < 4.78 is 58.3. The van der Waals surface area contributed by atoms with Crippen molar-refractivity contribution in [1.29, 1.82) is 0 Å². The molecule has 0 spiro atoms. The Bertz CT molecular complexity index is 1250. The number of alkyl halides is 3. The van der Waals surface area contributed by atoms with E-state index >= 15 is 0 Å². The lowest BCUT2D eigenvalue weighted by Gasteiger charge is -2.12. The predicted molar refractivity (Wildman–Crippen MR) is 97.5 cm³/mol. The number of anilines is 2. The molecule has 2 aromatic heterocycles. The maximum atomic E-state index is 13.6. The van der Waals surface area contributed by atoms with E-state index in [4.69, 9.17) is 5.73 Å². The Morgan fingerprint density at radius 1 is 1.17 bits per heavy atom. The van der Waals surface area contributed by atoms with Gasteiger partial charge >= 0.3 is 6.18 Å². The average Bonchev–Trinajstić information content (AvgIpc) is 3.24. The Balaban J connectivity index is 1.68. The highest BCUT2D eigenvalue weighted by molar-refractivity contribution is 5.93. The zero-order valence-electron chi connectivity index (χ0n) is 14.9. The van der Waals surface area contributed by atoms with Crippen molar-refractivity contribution in [2.24, 2.45) is 0 Å². The molecule has 12 heteroatoms. The molecule has 2 aromatic carbocycles. The first-order valence-corrected chi connectivity index (χ1v) is 8.43. The van der Waals surface area contributed by atoms with Gasteiger partial charge in [0.2, 0.25) is 5.91 Å². The minimum absolute atomic E-state index is 0.0492. The SMILES string of the molecule is Nc1nonc1-c1nc2ccccc2n1CC(=O)Nc1cc(F)cc(C(F)(F)F)c1. The third-order valence-corrected chi connectivity index (χ3v) is 4.19. The van der Waals surface area contributed by atoms with E-state index in [9.17, 15) is 22.4 Å². The first-order valence-electron chi connectivity index (χ1n) is 8.43. The van der Waals surface area contributed by atoms with Crippen LogP contribution in [0.25, 0.3) is 22.6 Å². The molecular weight excluding hydrogens is 408 g/mol. The number of imidazole rings is 1. The van der Waals surface area contributed by atoms with Gasteiger partial charge in [0, 0.05) is 5.69 Å². The second-order valence-corrected chi connectivity index (χ2v) is 6.28. The van der Waals surface area contributed by atoms with Crippen LogP contribution in [0.2, 0.25) is 0 Å². The van der Waals surface area contributed by atoms with Crippen LogP contribution in [-0.2, 0) is 17.5 Å². The monoisotopic (exact) mass is 420 g/mol. The largest absolute Gasteiger partial charge is 0.416 e. The Kier molecular flexibility index (Phi) is 4.60.